The van der Waals surface area contributed by atoms with Crippen LogP contribution in [0.1, 0.15) is 38.4 Å². The van der Waals surface area contributed by atoms with E-state index in [1.165, 1.54) is 11.4 Å². The Morgan fingerprint density at radius 1 is 1.50 bits per heavy atom. The van der Waals surface area contributed by atoms with Crippen LogP contribution in [-0.2, 0) is 18.3 Å². The minimum absolute atomic E-state index is 0.279. The number of aromatic nitrogens is 2. The van der Waals surface area contributed by atoms with Gasteiger partial charge in [-0.15, -0.1) is 0 Å². The van der Waals surface area contributed by atoms with Crippen LogP contribution < -0.4 is 10.2 Å². The Balaban J connectivity index is 2.25. The van der Waals surface area contributed by atoms with Crippen LogP contribution >= 0.6 is 0 Å². The maximum atomic E-state index is 5.71. The Hall–Kier alpha value is -1.07. The van der Waals surface area contributed by atoms with Gasteiger partial charge in [0.15, 0.2) is 0 Å². The normalized spacial score (nSPS) is 22.8. The van der Waals surface area contributed by atoms with E-state index in [2.05, 4.69) is 50.1 Å². The minimum Gasteiger partial charge on any atom is -0.376 e. The summed E-state index contributed by atoms with van der Waals surface area (Å²) in [7, 11) is 4.18. The van der Waals surface area contributed by atoms with Crippen LogP contribution in [0.4, 0.5) is 5.82 Å². The standard InChI is InChI=1S/C15H28N4O/c1-10(2)16-9-13-11(3)17-19(6)15(13)18(5)14-7-8-20-12(14)4/h10,12,14,16H,7-9H2,1-6H3. The fourth-order valence-electron chi connectivity index (χ4n) is 3.03. The first kappa shape index (κ1) is 15.3. The van der Waals surface area contributed by atoms with Crippen LogP contribution in [-0.4, -0.2) is 41.6 Å². The number of likely N-dealkylation sites (N-methyl/N-ethyl adjacent to an activating group) is 1. The molecule has 0 saturated carbocycles. The van der Waals surface area contributed by atoms with Gasteiger partial charge >= 0.3 is 0 Å². The van der Waals surface area contributed by atoms with Crippen molar-refractivity contribution in [3.8, 4) is 0 Å². The Bertz CT molecular complexity index is 455. The van der Waals surface area contributed by atoms with Crippen LogP contribution in [0.3, 0.4) is 0 Å². The minimum atomic E-state index is 0.279. The number of hydrogen-bond acceptors (Lipinski definition) is 4. The van der Waals surface area contributed by atoms with E-state index < -0.39 is 0 Å². The largest absolute Gasteiger partial charge is 0.376 e. The summed E-state index contributed by atoms with van der Waals surface area (Å²) >= 11 is 0. The fourth-order valence-corrected chi connectivity index (χ4v) is 3.03. The number of rotatable bonds is 5. The zero-order valence-electron chi connectivity index (χ0n) is 13.6. The fraction of sp³-hybridized carbons (Fsp3) is 0.800. The highest BCUT2D eigenvalue weighted by molar-refractivity contribution is 5.50. The summed E-state index contributed by atoms with van der Waals surface area (Å²) in [5.74, 6) is 1.21. The number of nitrogens with zero attached hydrogens (tertiary/aromatic N) is 3. The highest BCUT2D eigenvalue weighted by Gasteiger charge is 2.31. The van der Waals surface area contributed by atoms with Crippen molar-refractivity contribution in [1.29, 1.82) is 0 Å². The molecule has 1 aliphatic heterocycles. The van der Waals surface area contributed by atoms with Gasteiger partial charge in [0.25, 0.3) is 0 Å². The van der Waals surface area contributed by atoms with Crippen LogP contribution in [0.15, 0.2) is 0 Å². The monoisotopic (exact) mass is 280 g/mol. The second-order valence-electron chi connectivity index (χ2n) is 6.09. The van der Waals surface area contributed by atoms with Gasteiger partial charge in [0, 0.05) is 38.9 Å². The van der Waals surface area contributed by atoms with Gasteiger partial charge in [-0.25, -0.2) is 0 Å². The maximum absolute atomic E-state index is 5.71. The van der Waals surface area contributed by atoms with Gasteiger partial charge in [-0.2, -0.15) is 5.10 Å². The van der Waals surface area contributed by atoms with E-state index >= 15 is 0 Å². The van der Waals surface area contributed by atoms with E-state index in [0.717, 1.165) is 25.3 Å². The summed E-state index contributed by atoms with van der Waals surface area (Å²) in [6.07, 6.45) is 1.36. The molecule has 5 nitrogen and oxygen atoms in total. The maximum Gasteiger partial charge on any atom is 0.131 e. The number of anilines is 1. The Morgan fingerprint density at radius 2 is 2.20 bits per heavy atom. The second kappa shape index (κ2) is 6.14. The molecule has 2 unspecified atom stereocenters. The molecule has 0 amide bonds. The third kappa shape index (κ3) is 2.99. The van der Waals surface area contributed by atoms with Gasteiger partial charge in [0.2, 0.25) is 0 Å². The Kier molecular flexibility index (Phi) is 4.70. The van der Waals surface area contributed by atoms with E-state index in [1.54, 1.807) is 0 Å². The van der Waals surface area contributed by atoms with Crippen molar-refractivity contribution in [1.82, 2.24) is 15.1 Å². The Labute approximate surface area is 122 Å². The molecule has 114 valence electrons. The summed E-state index contributed by atoms with van der Waals surface area (Å²) in [6.45, 7) is 10.3. The molecular formula is C15H28N4O. The molecule has 2 rings (SSSR count). The third-order valence-electron chi connectivity index (χ3n) is 4.17. The highest BCUT2D eigenvalue weighted by Crippen LogP contribution is 2.28. The van der Waals surface area contributed by atoms with Crippen molar-refractivity contribution >= 4 is 5.82 Å². The van der Waals surface area contributed by atoms with Crippen molar-refractivity contribution < 1.29 is 4.74 Å². The van der Waals surface area contributed by atoms with Gasteiger partial charge in [-0.1, -0.05) is 13.8 Å². The van der Waals surface area contributed by atoms with Crippen LogP contribution in [0.5, 0.6) is 0 Å². The van der Waals surface area contributed by atoms with E-state index in [9.17, 15) is 0 Å². The SMILES string of the molecule is Cc1nn(C)c(N(C)C2CCOC2C)c1CNC(C)C. The summed E-state index contributed by atoms with van der Waals surface area (Å²) in [6, 6.07) is 0.907. The molecule has 2 atom stereocenters. The lowest BCUT2D eigenvalue weighted by Crippen LogP contribution is -2.38. The predicted octanol–water partition coefficient (Wildman–Crippen LogP) is 1.84. The molecule has 0 radical (unpaired) electrons. The summed E-state index contributed by atoms with van der Waals surface area (Å²) in [5, 5.41) is 8.10. The lowest BCUT2D eigenvalue weighted by atomic mass is 10.1. The Morgan fingerprint density at radius 3 is 2.75 bits per heavy atom. The first-order chi connectivity index (χ1) is 9.41. The molecule has 1 aliphatic rings. The molecule has 1 fully saturated rings. The lowest BCUT2D eigenvalue weighted by Gasteiger charge is -2.29. The third-order valence-corrected chi connectivity index (χ3v) is 4.17. The average molecular weight is 280 g/mol. The highest BCUT2D eigenvalue weighted by atomic mass is 16.5. The first-order valence-electron chi connectivity index (χ1n) is 7.52. The average Bonchev–Trinajstić information content (AvgIpc) is 2.89. The van der Waals surface area contributed by atoms with Gasteiger partial charge in [-0.3, -0.25) is 4.68 Å². The van der Waals surface area contributed by atoms with Crippen LogP contribution in [0.2, 0.25) is 0 Å². The quantitative estimate of drug-likeness (QED) is 0.893. The number of hydrogen-bond donors (Lipinski definition) is 1. The van der Waals surface area contributed by atoms with Gasteiger partial charge in [-0.05, 0) is 20.3 Å². The first-order valence-corrected chi connectivity index (χ1v) is 7.52. The molecule has 0 aliphatic carbocycles. The summed E-state index contributed by atoms with van der Waals surface area (Å²) < 4.78 is 7.70. The molecule has 2 heterocycles. The molecule has 1 saturated heterocycles. The molecular weight excluding hydrogens is 252 g/mol. The van der Waals surface area contributed by atoms with Crippen molar-refractivity contribution in [3.63, 3.8) is 0 Å². The summed E-state index contributed by atoms with van der Waals surface area (Å²) in [5.41, 5.74) is 2.40. The van der Waals surface area contributed by atoms with Crippen molar-refractivity contribution in [2.24, 2.45) is 7.05 Å². The summed E-state index contributed by atoms with van der Waals surface area (Å²) in [4.78, 5) is 2.34. The number of ether oxygens (including phenoxy) is 1. The van der Waals surface area contributed by atoms with E-state index in [1.807, 2.05) is 11.7 Å². The molecule has 20 heavy (non-hydrogen) atoms. The molecule has 1 N–H and O–H groups in total. The molecule has 5 heteroatoms. The second-order valence-corrected chi connectivity index (χ2v) is 6.09. The number of aryl methyl sites for hydroxylation is 2. The molecule has 1 aromatic heterocycles. The van der Waals surface area contributed by atoms with E-state index in [0.29, 0.717) is 12.1 Å². The van der Waals surface area contributed by atoms with Crippen LogP contribution in [0.25, 0.3) is 0 Å². The molecule has 0 aromatic carbocycles. The van der Waals surface area contributed by atoms with E-state index in [4.69, 9.17) is 4.74 Å². The topological polar surface area (TPSA) is 42.3 Å². The van der Waals surface area contributed by atoms with Crippen molar-refractivity contribution in [2.45, 2.75) is 58.8 Å². The lowest BCUT2D eigenvalue weighted by molar-refractivity contribution is 0.118. The molecule has 0 bridgehead atoms. The van der Waals surface area contributed by atoms with Gasteiger partial charge < -0.3 is 15.0 Å². The van der Waals surface area contributed by atoms with Crippen molar-refractivity contribution in [3.05, 3.63) is 11.3 Å². The van der Waals surface area contributed by atoms with E-state index in [-0.39, 0.29) is 6.10 Å². The predicted molar refractivity (Wildman–Crippen MR) is 82.1 cm³/mol. The van der Waals surface area contributed by atoms with Crippen molar-refractivity contribution in [2.75, 3.05) is 18.6 Å². The number of nitrogens with one attached hydrogen (secondary N) is 1. The molecule has 0 spiro atoms. The van der Waals surface area contributed by atoms with Crippen LogP contribution in [0, 0.1) is 6.92 Å². The van der Waals surface area contributed by atoms with Gasteiger partial charge in [0.05, 0.1) is 17.8 Å². The smallest absolute Gasteiger partial charge is 0.131 e. The zero-order valence-corrected chi connectivity index (χ0v) is 13.6. The molecule has 1 aromatic rings. The van der Waals surface area contributed by atoms with Gasteiger partial charge in [0.1, 0.15) is 5.82 Å². The zero-order chi connectivity index (χ0) is 14.9.